The monoisotopic (exact) mass is 523 g/mol. The lowest BCUT2D eigenvalue weighted by Crippen LogP contribution is -2.45. The number of para-hydroxylation sites is 1. The Kier molecular flexibility index (Phi) is 8.27. The van der Waals surface area contributed by atoms with Crippen molar-refractivity contribution in [2.75, 3.05) is 49.8 Å². The van der Waals surface area contributed by atoms with Gasteiger partial charge in [-0.25, -0.2) is 12.8 Å². The van der Waals surface area contributed by atoms with Crippen LogP contribution in [0.25, 0.3) is 11.5 Å². The zero-order valence-electron chi connectivity index (χ0n) is 19.9. The number of aromatic nitrogens is 2. The van der Waals surface area contributed by atoms with Gasteiger partial charge in [-0.2, -0.15) is 8.78 Å². The van der Waals surface area contributed by atoms with E-state index >= 15 is 4.39 Å². The lowest BCUT2D eigenvalue weighted by Gasteiger charge is -2.32. The number of hydrogen-bond donors (Lipinski definition) is 0. The Labute approximate surface area is 208 Å². The maximum atomic E-state index is 15.0. The highest BCUT2D eigenvalue weighted by Gasteiger charge is 2.25. The predicted molar refractivity (Wildman–Crippen MR) is 130 cm³/mol. The second kappa shape index (κ2) is 11.4. The third-order valence-corrected chi connectivity index (χ3v) is 7.91. The van der Waals surface area contributed by atoms with Gasteiger partial charge in [0.05, 0.1) is 18.0 Å². The van der Waals surface area contributed by atoms with Gasteiger partial charge in [-0.1, -0.05) is 24.3 Å². The van der Waals surface area contributed by atoms with Crippen molar-refractivity contribution in [3.8, 4) is 11.5 Å². The molecule has 0 unspecified atom stereocenters. The number of benzene rings is 2. The number of piperazine rings is 1. The molecule has 1 aliphatic heterocycles. The van der Waals surface area contributed by atoms with Gasteiger partial charge < -0.3 is 14.2 Å². The van der Waals surface area contributed by atoms with Gasteiger partial charge in [0.1, 0.15) is 5.82 Å². The van der Waals surface area contributed by atoms with Gasteiger partial charge >= 0.3 is 6.43 Å². The minimum Gasteiger partial charge on any atom is -0.415 e. The SMILES string of the molecule is CN1CCN(CCCS(=O)(=O)N(Cc2ccc(-c3nnc(C(F)F)o3)cc2F)c2ccccc2)CC1. The molecule has 0 spiro atoms. The maximum absolute atomic E-state index is 15.0. The van der Waals surface area contributed by atoms with Crippen LogP contribution < -0.4 is 4.31 Å². The summed E-state index contributed by atoms with van der Waals surface area (Å²) in [5.41, 5.74) is 0.676. The molecule has 2 heterocycles. The smallest absolute Gasteiger partial charge is 0.314 e. The van der Waals surface area contributed by atoms with Gasteiger partial charge in [0, 0.05) is 37.3 Å². The van der Waals surface area contributed by atoms with Crippen molar-refractivity contribution in [3.05, 3.63) is 65.8 Å². The molecule has 0 aliphatic carbocycles. The normalized spacial score (nSPS) is 15.5. The first-order valence-electron chi connectivity index (χ1n) is 11.6. The number of nitrogens with zero attached hydrogens (tertiary/aromatic N) is 5. The van der Waals surface area contributed by atoms with Crippen LogP contribution in [0.15, 0.2) is 52.9 Å². The summed E-state index contributed by atoms with van der Waals surface area (Å²) >= 11 is 0. The highest BCUT2D eigenvalue weighted by atomic mass is 32.2. The highest BCUT2D eigenvalue weighted by Crippen LogP contribution is 2.27. The first-order valence-corrected chi connectivity index (χ1v) is 13.2. The largest absolute Gasteiger partial charge is 0.415 e. The first-order chi connectivity index (χ1) is 17.2. The van der Waals surface area contributed by atoms with Crippen LogP contribution in [-0.2, 0) is 16.6 Å². The summed E-state index contributed by atoms with van der Waals surface area (Å²) in [4.78, 5) is 4.48. The van der Waals surface area contributed by atoms with Crippen molar-refractivity contribution in [2.45, 2.75) is 19.4 Å². The Morgan fingerprint density at radius 3 is 2.42 bits per heavy atom. The quantitative estimate of drug-likeness (QED) is 0.400. The number of likely N-dealkylation sites (N-methyl/N-ethyl adjacent to an activating group) is 1. The molecule has 194 valence electrons. The van der Waals surface area contributed by atoms with Crippen molar-refractivity contribution >= 4 is 15.7 Å². The van der Waals surface area contributed by atoms with Crippen LogP contribution >= 0.6 is 0 Å². The van der Waals surface area contributed by atoms with E-state index in [1.54, 1.807) is 30.3 Å². The van der Waals surface area contributed by atoms with Crippen LogP contribution in [0.5, 0.6) is 0 Å². The van der Waals surface area contributed by atoms with E-state index in [1.165, 1.54) is 16.4 Å². The molecular weight excluding hydrogens is 495 g/mol. The van der Waals surface area contributed by atoms with Crippen LogP contribution in [0.2, 0.25) is 0 Å². The van der Waals surface area contributed by atoms with Gasteiger partial charge in [0.25, 0.3) is 5.89 Å². The molecular formula is C24H28F3N5O3S. The third kappa shape index (κ3) is 6.42. The number of hydrogen-bond acceptors (Lipinski definition) is 7. The van der Waals surface area contributed by atoms with E-state index in [2.05, 4.69) is 27.0 Å². The van der Waals surface area contributed by atoms with Crippen molar-refractivity contribution in [1.82, 2.24) is 20.0 Å². The van der Waals surface area contributed by atoms with Crippen molar-refractivity contribution in [1.29, 1.82) is 0 Å². The predicted octanol–water partition coefficient (Wildman–Crippen LogP) is 3.79. The Hall–Kier alpha value is -2.96. The molecule has 8 nitrogen and oxygen atoms in total. The molecule has 12 heteroatoms. The van der Waals surface area contributed by atoms with Crippen molar-refractivity contribution in [2.24, 2.45) is 0 Å². The molecule has 3 aromatic rings. The fraction of sp³-hybridized carbons (Fsp3) is 0.417. The molecule has 0 bridgehead atoms. The number of anilines is 1. The minimum absolute atomic E-state index is 0.0771. The third-order valence-electron chi connectivity index (χ3n) is 6.09. The van der Waals surface area contributed by atoms with E-state index < -0.39 is 28.2 Å². The average molecular weight is 524 g/mol. The summed E-state index contributed by atoms with van der Waals surface area (Å²) in [5, 5.41) is 6.77. The fourth-order valence-electron chi connectivity index (χ4n) is 4.00. The van der Waals surface area contributed by atoms with E-state index in [0.717, 1.165) is 32.2 Å². The lowest BCUT2D eigenvalue weighted by molar-refractivity contribution is 0.116. The lowest BCUT2D eigenvalue weighted by atomic mass is 10.1. The number of sulfonamides is 1. The van der Waals surface area contributed by atoms with E-state index in [-0.39, 0.29) is 29.3 Å². The molecule has 1 aliphatic rings. The van der Waals surface area contributed by atoms with Crippen LogP contribution in [0.4, 0.5) is 18.9 Å². The Bertz CT molecular complexity index is 1250. The van der Waals surface area contributed by atoms with Gasteiger partial charge in [-0.3, -0.25) is 4.31 Å². The minimum atomic E-state index is -3.77. The summed E-state index contributed by atoms with van der Waals surface area (Å²) in [6.45, 7) is 4.14. The zero-order valence-corrected chi connectivity index (χ0v) is 20.7. The summed E-state index contributed by atoms with van der Waals surface area (Å²) in [5.74, 6) is -1.88. The van der Waals surface area contributed by atoms with Gasteiger partial charge in [0.15, 0.2) is 0 Å². The van der Waals surface area contributed by atoms with Gasteiger partial charge in [-0.15, -0.1) is 10.2 Å². The van der Waals surface area contributed by atoms with Crippen molar-refractivity contribution < 1.29 is 26.0 Å². The Morgan fingerprint density at radius 2 is 1.78 bits per heavy atom. The average Bonchev–Trinajstić information content (AvgIpc) is 3.36. The molecule has 0 N–H and O–H groups in total. The molecule has 0 saturated carbocycles. The van der Waals surface area contributed by atoms with Crippen LogP contribution in [0, 0.1) is 5.82 Å². The zero-order chi connectivity index (χ0) is 25.7. The number of rotatable bonds is 10. The van der Waals surface area contributed by atoms with Crippen LogP contribution in [0.3, 0.4) is 0 Å². The van der Waals surface area contributed by atoms with Crippen LogP contribution in [0.1, 0.15) is 24.3 Å². The summed E-state index contributed by atoms with van der Waals surface area (Å²) in [6, 6.07) is 12.4. The Morgan fingerprint density at radius 1 is 1.06 bits per heavy atom. The summed E-state index contributed by atoms with van der Waals surface area (Å²) in [7, 11) is -1.70. The first kappa shape index (κ1) is 26.1. The van der Waals surface area contributed by atoms with E-state index in [1.807, 2.05) is 0 Å². The topological polar surface area (TPSA) is 82.8 Å². The molecule has 0 amide bonds. The van der Waals surface area contributed by atoms with Gasteiger partial charge in [0.2, 0.25) is 15.9 Å². The van der Waals surface area contributed by atoms with E-state index in [9.17, 15) is 17.2 Å². The molecule has 2 aromatic carbocycles. The summed E-state index contributed by atoms with van der Waals surface area (Å²) < 4.78 is 73.3. The standard InChI is InChI=1S/C24H28F3N5O3S/c1-30-11-13-31(14-12-30)10-5-15-36(33,34)32(20-6-3-2-4-7-20)17-19-9-8-18(16-21(19)25)23-28-29-24(35-23)22(26)27/h2-4,6-9,16,22H,5,10-15,17H2,1H3. The van der Waals surface area contributed by atoms with E-state index in [0.29, 0.717) is 18.7 Å². The molecule has 0 atom stereocenters. The second-order valence-electron chi connectivity index (χ2n) is 8.71. The van der Waals surface area contributed by atoms with Gasteiger partial charge in [-0.05, 0) is 44.3 Å². The van der Waals surface area contributed by atoms with Crippen molar-refractivity contribution in [3.63, 3.8) is 0 Å². The Balaban J connectivity index is 1.50. The molecule has 0 radical (unpaired) electrons. The number of alkyl halides is 2. The molecule has 1 aromatic heterocycles. The number of halogens is 3. The molecule has 36 heavy (non-hydrogen) atoms. The highest BCUT2D eigenvalue weighted by molar-refractivity contribution is 7.92. The summed E-state index contributed by atoms with van der Waals surface area (Å²) in [6.07, 6.45) is -2.48. The van der Waals surface area contributed by atoms with Crippen LogP contribution in [-0.4, -0.2) is 73.9 Å². The second-order valence-corrected chi connectivity index (χ2v) is 10.7. The molecule has 1 saturated heterocycles. The molecule has 4 rings (SSSR count). The molecule has 1 fully saturated rings. The van der Waals surface area contributed by atoms with E-state index in [4.69, 9.17) is 4.42 Å². The maximum Gasteiger partial charge on any atom is 0.314 e. The fourth-order valence-corrected chi connectivity index (χ4v) is 5.49.